The average molecular weight is 284 g/mol. The second kappa shape index (κ2) is 5.09. The highest BCUT2D eigenvalue weighted by molar-refractivity contribution is 6.31. The number of rotatable bonds is 3. The van der Waals surface area contributed by atoms with Crippen molar-refractivity contribution in [3.05, 3.63) is 22.7 Å². The van der Waals surface area contributed by atoms with Gasteiger partial charge < -0.3 is 14.7 Å². The van der Waals surface area contributed by atoms with Crippen LogP contribution in [0.4, 0.5) is 5.69 Å². The van der Waals surface area contributed by atoms with Crippen molar-refractivity contribution >= 4 is 29.2 Å². The van der Waals surface area contributed by atoms with Crippen molar-refractivity contribution < 1.29 is 19.4 Å². The highest BCUT2D eigenvalue weighted by Gasteiger charge is 2.36. The molecule has 1 fully saturated rings. The molecule has 1 amide bonds. The standard InChI is InChI=1S/C13H14ClNO4/c1-7-3-11(19-2)10(5-9(7)14)15-6-8(13(17)18)4-12(15)16/h3,5,8H,4,6H2,1-2H3,(H,17,18). The molecule has 19 heavy (non-hydrogen) atoms. The fraction of sp³-hybridized carbons (Fsp3) is 0.385. The number of carbonyl (C=O) groups excluding carboxylic acids is 1. The molecule has 0 radical (unpaired) electrons. The van der Waals surface area contributed by atoms with E-state index in [0.29, 0.717) is 16.5 Å². The minimum atomic E-state index is -0.965. The first kappa shape index (κ1) is 13.7. The Morgan fingerprint density at radius 2 is 2.21 bits per heavy atom. The Hall–Kier alpha value is -1.75. The molecule has 0 spiro atoms. The van der Waals surface area contributed by atoms with E-state index < -0.39 is 11.9 Å². The first-order valence-electron chi connectivity index (χ1n) is 5.81. The van der Waals surface area contributed by atoms with Crippen molar-refractivity contribution in [3.63, 3.8) is 0 Å². The molecule has 1 aliphatic rings. The number of nitrogens with zero attached hydrogens (tertiary/aromatic N) is 1. The molecule has 102 valence electrons. The van der Waals surface area contributed by atoms with Crippen LogP contribution in [0.1, 0.15) is 12.0 Å². The topological polar surface area (TPSA) is 66.8 Å². The minimum absolute atomic E-state index is 0.00395. The molecule has 1 saturated heterocycles. The molecule has 2 rings (SSSR count). The summed E-state index contributed by atoms with van der Waals surface area (Å²) in [4.78, 5) is 24.3. The number of halogens is 1. The third kappa shape index (κ3) is 2.51. The zero-order valence-corrected chi connectivity index (χ0v) is 11.4. The first-order chi connectivity index (χ1) is 8.93. The van der Waals surface area contributed by atoms with Crippen LogP contribution in [0.3, 0.4) is 0 Å². The minimum Gasteiger partial charge on any atom is -0.495 e. The van der Waals surface area contributed by atoms with Gasteiger partial charge in [-0.05, 0) is 24.6 Å². The maximum absolute atomic E-state index is 11.9. The number of methoxy groups -OCH3 is 1. The molecule has 5 nitrogen and oxygen atoms in total. The molecule has 1 aromatic rings. The highest BCUT2D eigenvalue weighted by atomic mass is 35.5. The summed E-state index contributed by atoms with van der Waals surface area (Å²) in [7, 11) is 1.50. The van der Waals surface area contributed by atoms with Crippen LogP contribution in [0.15, 0.2) is 12.1 Å². The number of aryl methyl sites for hydroxylation is 1. The van der Waals surface area contributed by atoms with Crippen LogP contribution in [0, 0.1) is 12.8 Å². The summed E-state index contributed by atoms with van der Waals surface area (Å²) in [5.74, 6) is -1.36. The lowest BCUT2D eigenvalue weighted by molar-refractivity contribution is -0.141. The third-order valence-electron chi connectivity index (χ3n) is 3.23. The van der Waals surface area contributed by atoms with Gasteiger partial charge in [-0.1, -0.05) is 11.6 Å². The average Bonchev–Trinajstić information content (AvgIpc) is 2.74. The van der Waals surface area contributed by atoms with Crippen LogP contribution in [-0.4, -0.2) is 30.6 Å². The van der Waals surface area contributed by atoms with E-state index in [-0.39, 0.29) is 18.9 Å². The number of carboxylic acids is 1. The van der Waals surface area contributed by atoms with Crippen molar-refractivity contribution in [2.75, 3.05) is 18.6 Å². The van der Waals surface area contributed by atoms with E-state index >= 15 is 0 Å². The second-order valence-corrected chi connectivity index (χ2v) is 4.92. The fourth-order valence-electron chi connectivity index (χ4n) is 2.12. The Labute approximate surface area is 115 Å². The highest BCUT2D eigenvalue weighted by Crippen LogP contribution is 2.36. The van der Waals surface area contributed by atoms with Crippen molar-refractivity contribution in [2.45, 2.75) is 13.3 Å². The van der Waals surface area contributed by atoms with Crippen LogP contribution < -0.4 is 9.64 Å². The number of carboxylic acid groups (broad SMARTS) is 1. The number of benzene rings is 1. The van der Waals surface area contributed by atoms with Crippen molar-refractivity contribution in [1.82, 2.24) is 0 Å². The molecule has 0 aromatic heterocycles. The number of hydrogen-bond donors (Lipinski definition) is 1. The normalized spacial score (nSPS) is 18.8. The van der Waals surface area contributed by atoms with E-state index in [2.05, 4.69) is 0 Å². The summed E-state index contributed by atoms with van der Waals surface area (Å²) < 4.78 is 5.24. The number of anilines is 1. The number of carbonyl (C=O) groups is 2. The summed E-state index contributed by atoms with van der Waals surface area (Å²) in [6.07, 6.45) is 0.00395. The molecule has 0 bridgehead atoms. The Bertz CT molecular complexity index is 544. The first-order valence-corrected chi connectivity index (χ1v) is 6.19. The van der Waals surface area contributed by atoms with Gasteiger partial charge in [-0.3, -0.25) is 9.59 Å². The predicted octanol–water partition coefficient (Wildman–Crippen LogP) is 2.09. The lowest BCUT2D eigenvalue weighted by Crippen LogP contribution is -2.26. The summed E-state index contributed by atoms with van der Waals surface area (Å²) in [6, 6.07) is 3.37. The number of amides is 1. The predicted molar refractivity (Wildman–Crippen MR) is 70.8 cm³/mol. The van der Waals surface area contributed by atoms with Crippen LogP contribution in [-0.2, 0) is 9.59 Å². The van der Waals surface area contributed by atoms with Crippen LogP contribution in [0.2, 0.25) is 5.02 Å². The van der Waals surface area contributed by atoms with E-state index in [0.717, 1.165) is 5.56 Å². The number of ether oxygens (including phenoxy) is 1. The molecule has 1 aliphatic heterocycles. The van der Waals surface area contributed by atoms with E-state index in [9.17, 15) is 9.59 Å². The van der Waals surface area contributed by atoms with Crippen molar-refractivity contribution in [2.24, 2.45) is 5.92 Å². The Balaban J connectivity index is 2.39. The lowest BCUT2D eigenvalue weighted by atomic mass is 10.1. The van der Waals surface area contributed by atoms with Crippen LogP contribution in [0.5, 0.6) is 5.75 Å². The summed E-state index contributed by atoms with van der Waals surface area (Å²) in [6.45, 7) is 1.98. The van der Waals surface area contributed by atoms with Gasteiger partial charge in [0.25, 0.3) is 0 Å². The fourth-order valence-corrected chi connectivity index (χ4v) is 2.28. The van der Waals surface area contributed by atoms with Gasteiger partial charge in [0.15, 0.2) is 0 Å². The third-order valence-corrected chi connectivity index (χ3v) is 3.63. The van der Waals surface area contributed by atoms with Crippen molar-refractivity contribution in [3.8, 4) is 5.75 Å². The molecule has 6 heteroatoms. The molecule has 1 aromatic carbocycles. The number of aliphatic carboxylic acids is 1. The van der Waals surface area contributed by atoms with Gasteiger partial charge in [0, 0.05) is 18.0 Å². The molecular weight excluding hydrogens is 270 g/mol. The van der Waals surface area contributed by atoms with E-state index in [1.807, 2.05) is 6.92 Å². The van der Waals surface area contributed by atoms with Gasteiger partial charge in [-0.2, -0.15) is 0 Å². The van der Waals surface area contributed by atoms with Gasteiger partial charge in [-0.15, -0.1) is 0 Å². The van der Waals surface area contributed by atoms with Gasteiger partial charge in [0.2, 0.25) is 5.91 Å². The zero-order valence-electron chi connectivity index (χ0n) is 10.6. The summed E-state index contributed by atoms with van der Waals surface area (Å²) in [5, 5.41) is 9.50. The smallest absolute Gasteiger partial charge is 0.308 e. The summed E-state index contributed by atoms with van der Waals surface area (Å²) >= 11 is 6.06. The summed E-state index contributed by atoms with van der Waals surface area (Å²) in [5.41, 5.74) is 1.36. The maximum Gasteiger partial charge on any atom is 0.308 e. The van der Waals surface area contributed by atoms with E-state index in [1.54, 1.807) is 12.1 Å². The van der Waals surface area contributed by atoms with Crippen LogP contribution in [0.25, 0.3) is 0 Å². The largest absolute Gasteiger partial charge is 0.495 e. The van der Waals surface area contributed by atoms with Gasteiger partial charge in [0.1, 0.15) is 5.75 Å². The monoisotopic (exact) mass is 283 g/mol. The van der Waals surface area contributed by atoms with E-state index in [4.69, 9.17) is 21.4 Å². The van der Waals surface area contributed by atoms with Gasteiger partial charge in [-0.25, -0.2) is 0 Å². The molecule has 1 heterocycles. The number of hydrogen-bond acceptors (Lipinski definition) is 3. The van der Waals surface area contributed by atoms with Crippen molar-refractivity contribution in [1.29, 1.82) is 0 Å². The van der Waals surface area contributed by atoms with Gasteiger partial charge in [0.05, 0.1) is 18.7 Å². The molecule has 0 saturated carbocycles. The molecular formula is C13H14ClNO4. The van der Waals surface area contributed by atoms with Crippen LogP contribution >= 0.6 is 11.6 Å². The molecule has 1 atom stereocenters. The molecule has 1 N–H and O–H groups in total. The zero-order chi connectivity index (χ0) is 14.2. The van der Waals surface area contributed by atoms with Gasteiger partial charge >= 0.3 is 5.97 Å². The Morgan fingerprint density at radius 1 is 1.53 bits per heavy atom. The quantitative estimate of drug-likeness (QED) is 0.922. The van der Waals surface area contributed by atoms with E-state index in [1.165, 1.54) is 12.0 Å². The Morgan fingerprint density at radius 3 is 2.74 bits per heavy atom. The lowest BCUT2D eigenvalue weighted by Gasteiger charge is -2.20. The SMILES string of the molecule is COc1cc(C)c(Cl)cc1N1CC(C(=O)O)CC1=O. The maximum atomic E-state index is 11.9. The Kier molecular flexibility index (Phi) is 3.66. The second-order valence-electron chi connectivity index (χ2n) is 4.52. The molecule has 0 aliphatic carbocycles. The molecule has 1 unspecified atom stereocenters.